The topological polar surface area (TPSA) is 68.3 Å². The molecule has 0 aliphatic rings. The van der Waals surface area contributed by atoms with Crippen LogP contribution in [0.2, 0.25) is 0 Å². The van der Waals surface area contributed by atoms with E-state index in [0.717, 1.165) is 20.8 Å². The summed E-state index contributed by atoms with van der Waals surface area (Å²) in [6.07, 6.45) is 0.231. The summed E-state index contributed by atoms with van der Waals surface area (Å²) in [4.78, 5) is 29.3. The molecule has 0 aliphatic carbocycles. The van der Waals surface area contributed by atoms with Crippen molar-refractivity contribution in [1.82, 2.24) is 10.3 Å². The Morgan fingerprint density at radius 3 is 2.48 bits per heavy atom. The van der Waals surface area contributed by atoms with Crippen LogP contribution in [-0.2, 0) is 27.4 Å². The third kappa shape index (κ3) is 5.14. The molecule has 0 fully saturated rings. The van der Waals surface area contributed by atoms with Crippen molar-refractivity contribution in [1.29, 1.82) is 0 Å². The van der Waals surface area contributed by atoms with Crippen molar-refractivity contribution < 1.29 is 14.3 Å². The quantitative estimate of drug-likeness (QED) is 0.632. The van der Waals surface area contributed by atoms with E-state index in [2.05, 4.69) is 10.3 Å². The molecular formula is C21H22N2O3S. The minimum atomic E-state index is -0.685. The lowest BCUT2D eigenvalue weighted by atomic mass is 10.0. The number of hydrogen-bond donors (Lipinski definition) is 1. The molecule has 1 heterocycles. The number of nitrogens with one attached hydrogen (secondary N) is 1. The van der Waals surface area contributed by atoms with Crippen LogP contribution in [0.25, 0.3) is 10.2 Å². The SMILES string of the molecule is CC(C)[C@H](NC(=O)Cc1ccccc1)C(=O)OCc1nc2ccccc2s1. The van der Waals surface area contributed by atoms with Gasteiger partial charge in [0.2, 0.25) is 5.91 Å². The lowest BCUT2D eigenvalue weighted by Crippen LogP contribution is -2.45. The molecule has 3 rings (SSSR count). The van der Waals surface area contributed by atoms with E-state index in [0.29, 0.717) is 0 Å². The first kappa shape index (κ1) is 19.0. The number of aromatic nitrogens is 1. The van der Waals surface area contributed by atoms with E-state index in [9.17, 15) is 9.59 Å². The van der Waals surface area contributed by atoms with E-state index in [1.165, 1.54) is 11.3 Å². The molecule has 3 aromatic rings. The first-order chi connectivity index (χ1) is 13.0. The van der Waals surface area contributed by atoms with Crippen molar-refractivity contribution in [3.63, 3.8) is 0 Å². The number of hydrogen-bond acceptors (Lipinski definition) is 5. The van der Waals surface area contributed by atoms with Crippen LogP contribution < -0.4 is 5.32 Å². The fraction of sp³-hybridized carbons (Fsp3) is 0.286. The van der Waals surface area contributed by atoms with Gasteiger partial charge in [-0.3, -0.25) is 4.79 Å². The monoisotopic (exact) mass is 382 g/mol. The van der Waals surface area contributed by atoms with Gasteiger partial charge in [-0.05, 0) is 23.6 Å². The summed E-state index contributed by atoms with van der Waals surface area (Å²) in [5, 5.41) is 3.54. The number of carbonyl (C=O) groups is 2. The van der Waals surface area contributed by atoms with Gasteiger partial charge in [0.05, 0.1) is 16.6 Å². The molecule has 0 aliphatic heterocycles. The Labute approximate surface area is 162 Å². The minimum absolute atomic E-state index is 0.0763. The summed E-state index contributed by atoms with van der Waals surface area (Å²) in [6, 6.07) is 16.5. The minimum Gasteiger partial charge on any atom is -0.457 e. The molecule has 0 saturated carbocycles. The first-order valence-corrected chi connectivity index (χ1v) is 9.69. The predicted octanol–water partition coefficient (Wildman–Crippen LogP) is 3.72. The van der Waals surface area contributed by atoms with Gasteiger partial charge in [0.25, 0.3) is 0 Å². The third-order valence-electron chi connectivity index (χ3n) is 4.12. The van der Waals surface area contributed by atoms with Crippen LogP contribution >= 0.6 is 11.3 Å². The number of nitrogens with zero attached hydrogens (tertiary/aromatic N) is 1. The zero-order valence-corrected chi connectivity index (χ0v) is 16.2. The third-order valence-corrected chi connectivity index (χ3v) is 5.13. The van der Waals surface area contributed by atoms with Gasteiger partial charge < -0.3 is 10.1 Å². The Kier molecular flexibility index (Phi) is 6.19. The second-order valence-electron chi connectivity index (χ2n) is 6.63. The highest BCUT2D eigenvalue weighted by Crippen LogP contribution is 2.22. The van der Waals surface area contributed by atoms with Crippen molar-refractivity contribution in [3.8, 4) is 0 Å². The van der Waals surface area contributed by atoms with Crippen molar-refractivity contribution in [2.75, 3.05) is 0 Å². The molecule has 0 radical (unpaired) electrons. The molecule has 6 heteroatoms. The Morgan fingerprint density at radius 2 is 1.78 bits per heavy atom. The standard InChI is InChI=1S/C21H22N2O3S/c1-14(2)20(23-18(24)12-15-8-4-3-5-9-15)21(25)26-13-19-22-16-10-6-7-11-17(16)27-19/h3-11,14,20H,12-13H2,1-2H3,(H,23,24)/t20-/m0/s1. The van der Waals surface area contributed by atoms with E-state index >= 15 is 0 Å². The Morgan fingerprint density at radius 1 is 1.07 bits per heavy atom. The number of benzene rings is 2. The van der Waals surface area contributed by atoms with E-state index in [-0.39, 0.29) is 24.9 Å². The molecular weight excluding hydrogens is 360 g/mol. The van der Waals surface area contributed by atoms with Crippen LogP contribution in [-0.4, -0.2) is 22.9 Å². The van der Waals surface area contributed by atoms with E-state index in [4.69, 9.17) is 4.74 Å². The second-order valence-corrected chi connectivity index (χ2v) is 7.75. The van der Waals surface area contributed by atoms with Crippen molar-refractivity contribution in [3.05, 3.63) is 65.2 Å². The molecule has 1 N–H and O–H groups in total. The zero-order valence-electron chi connectivity index (χ0n) is 15.3. The average molecular weight is 382 g/mol. The number of para-hydroxylation sites is 1. The summed E-state index contributed by atoms with van der Waals surface area (Å²) in [7, 11) is 0. The fourth-order valence-electron chi connectivity index (χ4n) is 2.71. The number of rotatable bonds is 7. The number of ether oxygens (including phenoxy) is 1. The molecule has 140 valence electrons. The van der Waals surface area contributed by atoms with E-state index in [1.54, 1.807) is 0 Å². The van der Waals surface area contributed by atoms with Crippen LogP contribution in [0.4, 0.5) is 0 Å². The number of thiazole rings is 1. The summed E-state index contributed by atoms with van der Waals surface area (Å²) >= 11 is 1.50. The normalized spacial score (nSPS) is 12.1. The lowest BCUT2D eigenvalue weighted by Gasteiger charge is -2.20. The smallest absolute Gasteiger partial charge is 0.329 e. The van der Waals surface area contributed by atoms with Gasteiger partial charge in [-0.25, -0.2) is 9.78 Å². The summed E-state index contributed by atoms with van der Waals surface area (Å²) in [5.41, 5.74) is 1.80. The van der Waals surface area contributed by atoms with E-state index < -0.39 is 12.0 Å². The van der Waals surface area contributed by atoms with Crippen LogP contribution in [0, 0.1) is 5.92 Å². The zero-order chi connectivity index (χ0) is 19.2. The van der Waals surface area contributed by atoms with Crippen molar-refractivity contribution in [2.24, 2.45) is 5.92 Å². The maximum Gasteiger partial charge on any atom is 0.329 e. The van der Waals surface area contributed by atoms with Crippen molar-refractivity contribution in [2.45, 2.75) is 32.9 Å². The van der Waals surface area contributed by atoms with Gasteiger partial charge in [0, 0.05) is 0 Å². The highest BCUT2D eigenvalue weighted by molar-refractivity contribution is 7.18. The van der Waals surface area contributed by atoms with Gasteiger partial charge in [-0.2, -0.15) is 0 Å². The van der Waals surface area contributed by atoms with Crippen LogP contribution in [0.5, 0.6) is 0 Å². The molecule has 0 spiro atoms. The maximum absolute atomic E-state index is 12.5. The van der Waals surface area contributed by atoms with Gasteiger partial charge in [-0.15, -0.1) is 11.3 Å². The summed E-state index contributed by atoms with van der Waals surface area (Å²) in [6.45, 7) is 3.87. The predicted molar refractivity (Wildman–Crippen MR) is 106 cm³/mol. The molecule has 27 heavy (non-hydrogen) atoms. The Balaban J connectivity index is 1.58. The van der Waals surface area contributed by atoms with Crippen molar-refractivity contribution >= 4 is 33.4 Å². The summed E-state index contributed by atoms with van der Waals surface area (Å²) in [5.74, 6) is -0.713. The molecule has 5 nitrogen and oxygen atoms in total. The summed E-state index contributed by atoms with van der Waals surface area (Å²) < 4.78 is 6.48. The lowest BCUT2D eigenvalue weighted by molar-refractivity contribution is -0.150. The Hall–Kier alpha value is -2.73. The highest BCUT2D eigenvalue weighted by Gasteiger charge is 2.26. The first-order valence-electron chi connectivity index (χ1n) is 8.87. The largest absolute Gasteiger partial charge is 0.457 e. The van der Waals surface area contributed by atoms with Gasteiger partial charge in [0.15, 0.2) is 0 Å². The van der Waals surface area contributed by atoms with Crippen LogP contribution in [0.15, 0.2) is 54.6 Å². The van der Waals surface area contributed by atoms with Crippen LogP contribution in [0.3, 0.4) is 0 Å². The molecule has 0 bridgehead atoms. The molecule has 0 saturated heterocycles. The molecule has 0 unspecified atom stereocenters. The molecule has 1 aromatic heterocycles. The number of esters is 1. The van der Waals surface area contributed by atoms with Gasteiger partial charge in [0.1, 0.15) is 17.7 Å². The molecule has 2 aromatic carbocycles. The molecule has 1 atom stereocenters. The second kappa shape index (κ2) is 8.77. The van der Waals surface area contributed by atoms with Gasteiger partial charge >= 0.3 is 5.97 Å². The van der Waals surface area contributed by atoms with E-state index in [1.807, 2.05) is 68.4 Å². The number of amides is 1. The fourth-order valence-corrected chi connectivity index (χ4v) is 3.59. The van der Waals surface area contributed by atoms with Gasteiger partial charge in [-0.1, -0.05) is 56.3 Å². The maximum atomic E-state index is 12.5. The number of fused-ring (bicyclic) bond motifs is 1. The van der Waals surface area contributed by atoms with Crippen LogP contribution in [0.1, 0.15) is 24.4 Å². The number of carbonyl (C=O) groups excluding carboxylic acids is 2. The molecule has 1 amide bonds. The average Bonchev–Trinajstić information content (AvgIpc) is 3.08. The Bertz CT molecular complexity index is 888. The highest BCUT2D eigenvalue weighted by atomic mass is 32.1.